The van der Waals surface area contributed by atoms with Gasteiger partial charge in [-0.15, -0.1) is 11.8 Å². The number of aliphatic carboxylic acids is 1. The highest BCUT2D eigenvalue weighted by molar-refractivity contribution is 8.01. The van der Waals surface area contributed by atoms with Gasteiger partial charge in [-0.1, -0.05) is 31.1 Å². The quantitative estimate of drug-likeness (QED) is 0.404. The van der Waals surface area contributed by atoms with E-state index in [4.69, 9.17) is 5.11 Å². The van der Waals surface area contributed by atoms with Gasteiger partial charge in [0.05, 0.1) is 21.8 Å². The van der Waals surface area contributed by atoms with Gasteiger partial charge in [-0.05, 0) is 36.8 Å². The average molecular weight is 474 g/mol. The van der Waals surface area contributed by atoms with E-state index in [2.05, 4.69) is 17.2 Å². The van der Waals surface area contributed by atoms with Crippen molar-refractivity contribution in [2.75, 3.05) is 22.5 Å². The molecule has 0 unspecified atom stereocenters. The van der Waals surface area contributed by atoms with E-state index < -0.39 is 29.5 Å². The zero-order valence-electron chi connectivity index (χ0n) is 16.7. The van der Waals surface area contributed by atoms with Crippen LogP contribution < -0.4 is 10.2 Å². The fourth-order valence-corrected chi connectivity index (χ4v) is 5.04. The number of benzene rings is 1. The van der Waals surface area contributed by atoms with Crippen molar-refractivity contribution in [2.45, 2.75) is 36.8 Å². The summed E-state index contributed by atoms with van der Waals surface area (Å²) < 4.78 is 42.4. The zero-order chi connectivity index (χ0) is 22.5. The Balaban J connectivity index is 1.79. The molecule has 168 valence electrons. The molecular weight excluding hydrogens is 451 g/mol. The average Bonchev–Trinajstić information content (AvgIpc) is 3.18. The number of aromatic nitrogens is 1. The molecular formula is C20H22F3N3O3S2. The van der Waals surface area contributed by atoms with Gasteiger partial charge < -0.3 is 5.11 Å². The fourth-order valence-electron chi connectivity index (χ4n) is 3.46. The van der Waals surface area contributed by atoms with Gasteiger partial charge in [-0.2, -0.15) is 0 Å². The van der Waals surface area contributed by atoms with Crippen LogP contribution in [0.2, 0.25) is 0 Å². The standard InChI is InChI=1S/C20H22F3N3O3S2/c1-11-2-4-12(5-3-11)9-26(14-7-6-13(21)17(22)18(14)23)20(29)25-19-24-8-16(31-19)30-10-15(27)28/h6-8,11-12H,2-5,9-10H2,1H3,(H,27,28)(H,24,25,29)/t11-,12-. The highest BCUT2D eigenvalue weighted by atomic mass is 32.2. The minimum atomic E-state index is -1.63. The number of urea groups is 1. The molecule has 1 aromatic heterocycles. The molecule has 0 saturated heterocycles. The molecule has 1 heterocycles. The molecule has 0 aliphatic heterocycles. The number of nitrogens with one attached hydrogen (secondary N) is 1. The van der Waals surface area contributed by atoms with Gasteiger partial charge in [0.2, 0.25) is 0 Å². The number of hydrogen-bond acceptors (Lipinski definition) is 5. The summed E-state index contributed by atoms with van der Waals surface area (Å²) in [4.78, 5) is 28.8. The fraction of sp³-hybridized carbons (Fsp3) is 0.450. The Hall–Kier alpha value is -2.27. The van der Waals surface area contributed by atoms with Crippen LogP contribution in [0.3, 0.4) is 0 Å². The van der Waals surface area contributed by atoms with Crippen LogP contribution >= 0.6 is 23.1 Å². The summed E-state index contributed by atoms with van der Waals surface area (Å²) in [7, 11) is 0. The van der Waals surface area contributed by atoms with Crippen molar-refractivity contribution in [1.82, 2.24) is 4.98 Å². The number of anilines is 2. The molecule has 11 heteroatoms. The van der Waals surface area contributed by atoms with Crippen LogP contribution in [-0.4, -0.2) is 34.4 Å². The monoisotopic (exact) mass is 473 g/mol. The highest BCUT2D eigenvalue weighted by Gasteiger charge is 2.28. The Kier molecular flexibility index (Phi) is 7.82. The Labute approximate surface area is 185 Å². The van der Waals surface area contributed by atoms with Crippen molar-refractivity contribution in [3.05, 3.63) is 35.8 Å². The van der Waals surface area contributed by atoms with Crippen LogP contribution in [0, 0.1) is 29.3 Å². The SMILES string of the molecule is C[C@H]1CC[C@H](CN(C(=O)Nc2ncc(SCC(=O)O)s2)c2ccc(F)c(F)c2F)CC1. The third kappa shape index (κ3) is 6.13. The van der Waals surface area contributed by atoms with Crippen LogP contribution in [0.15, 0.2) is 22.5 Å². The Morgan fingerprint density at radius 1 is 1.23 bits per heavy atom. The third-order valence-electron chi connectivity index (χ3n) is 5.16. The number of amides is 2. The number of hydrogen-bond donors (Lipinski definition) is 2. The van der Waals surface area contributed by atoms with Gasteiger partial charge in [-0.3, -0.25) is 15.0 Å². The van der Waals surface area contributed by atoms with Crippen molar-refractivity contribution in [3.63, 3.8) is 0 Å². The normalized spacial score (nSPS) is 18.6. The molecule has 2 aromatic rings. The molecule has 0 spiro atoms. The number of carbonyl (C=O) groups excluding carboxylic acids is 1. The number of rotatable bonds is 7. The molecule has 31 heavy (non-hydrogen) atoms. The van der Waals surface area contributed by atoms with Gasteiger partial charge >= 0.3 is 12.0 Å². The number of nitrogens with zero attached hydrogens (tertiary/aromatic N) is 2. The molecule has 3 rings (SSSR count). The second kappa shape index (κ2) is 10.4. The molecule has 0 bridgehead atoms. The first-order valence-corrected chi connectivity index (χ1v) is 11.6. The summed E-state index contributed by atoms with van der Waals surface area (Å²) in [5.41, 5.74) is -0.341. The van der Waals surface area contributed by atoms with Crippen molar-refractivity contribution in [3.8, 4) is 0 Å². The first kappa shape index (κ1) is 23.4. The summed E-state index contributed by atoms with van der Waals surface area (Å²) in [6.45, 7) is 2.31. The molecule has 2 N–H and O–H groups in total. The summed E-state index contributed by atoms with van der Waals surface area (Å²) in [5, 5.41) is 11.5. The highest BCUT2D eigenvalue weighted by Crippen LogP contribution is 2.33. The smallest absolute Gasteiger partial charge is 0.328 e. The molecule has 1 fully saturated rings. The maximum Gasteiger partial charge on any atom is 0.328 e. The van der Waals surface area contributed by atoms with Crippen LogP contribution in [0.5, 0.6) is 0 Å². The molecule has 0 atom stereocenters. The van der Waals surface area contributed by atoms with Crippen molar-refractivity contribution < 1.29 is 27.9 Å². The summed E-state index contributed by atoms with van der Waals surface area (Å²) in [6, 6.07) is 1.13. The van der Waals surface area contributed by atoms with Gasteiger partial charge in [0, 0.05) is 6.54 Å². The lowest BCUT2D eigenvalue weighted by molar-refractivity contribution is -0.133. The van der Waals surface area contributed by atoms with Crippen molar-refractivity contribution in [1.29, 1.82) is 0 Å². The van der Waals surface area contributed by atoms with Gasteiger partial charge in [0.15, 0.2) is 22.6 Å². The number of thioether (sulfide) groups is 1. The lowest BCUT2D eigenvalue weighted by Crippen LogP contribution is -2.40. The maximum absolute atomic E-state index is 14.5. The predicted molar refractivity (Wildman–Crippen MR) is 114 cm³/mol. The maximum atomic E-state index is 14.5. The first-order valence-electron chi connectivity index (χ1n) is 9.77. The van der Waals surface area contributed by atoms with E-state index in [-0.39, 0.29) is 29.0 Å². The Morgan fingerprint density at radius 2 is 1.94 bits per heavy atom. The second-order valence-electron chi connectivity index (χ2n) is 7.53. The molecule has 1 aliphatic rings. The van der Waals surface area contributed by atoms with Crippen molar-refractivity contribution >= 4 is 45.9 Å². The van der Waals surface area contributed by atoms with Crippen LogP contribution in [0.25, 0.3) is 0 Å². The summed E-state index contributed by atoms with van der Waals surface area (Å²) >= 11 is 2.13. The molecule has 6 nitrogen and oxygen atoms in total. The van der Waals surface area contributed by atoms with Gasteiger partial charge in [0.1, 0.15) is 0 Å². The van der Waals surface area contributed by atoms with Crippen LogP contribution in [0.1, 0.15) is 32.6 Å². The topological polar surface area (TPSA) is 82.5 Å². The second-order valence-corrected chi connectivity index (χ2v) is 9.83. The molecule has 0 radical (unpaired) electrons. The molecule has 1 saturated carbocycles. The third-order valence-corrected chi connectivity index (χ3v) is 7.26. The Bertz CT molecular complexity index is 949. The molecule has 1 aliphatic carbocycles. The van der Waals surface area contributed by atoms with E-state index in [9.17, 15) is 22.8 Å². The predicted octanol–water partition coefficient (Wildman–Crippen LogP) is 5.60. The lowest BCUT2D eigenvalue weighted by Gasteiger charge is -2.31. The number of thiazole rings is 1. The van der Waals surface area contributed by atoms with E-state index >= 15 is 0 Å². The molecule has 1 aromatic carbocycles. The van der Waals surface area contributed by atoms with E-state index in [0.717, 1.165) is 65.8 Å². The minimum Gasteiger partial charge on any atom is -0.481 e. The van der Waals surface area contributed by atoms with E-state index in [1.54, 1.807) is 0 Å². The van der Waals surface area contributed by atoms with Crippen molar-refractivity contribution in [2.24, 2.45) is 11.8 Å². The largest absolute Gasteiger partial charge is 0.481 e. The first-order chi connectivity index (χ1) is 14.7. The number of carboxylic acids is 1. The summed E-state index contributed by atoms with van der Waals surface area (Å²) in [5.74, 6) is -4.82. The van der Waals surface area contributed by atoms with Gasteiger partial charge in [-0.25, -0.2) is 22.9 Å². The van der Waals surface area contributed by atoms with Crippen LogP contribution in [0.4, 0.5) is 28.8 Å². The van der Waals surface area contributed by atoms with E-state index in [1.165, 1.54) is 6.20 Å². The number of carbonyl (C=O) groups is 2. The Morgan fingerprint density at radius 3 is 2.61 bits per heavy atom. The van der Waals surface area contributed by atoms with Gasteiger partial charge in [0.25, 0.3) is 0 Å². The minimum absolute atomic E-state index is 0.104. The lowest BCUT2D eigenvalue weighted by atomic mass is 9.83. The molecule has 2 amide bonds. The summed E-state index contributed by atoms with van der Waals surface area (Å²) in [6.07, 6.45) is 5.10. The zero-order valence-corrected chi connectivity index (χ0v) is 18.4. The van der Waals surface area contributed by atoms with E-state index in [0.29, 0.717) is 10.1 Å². The number of halogens is 3. The van der Waals surface area contributed by atoms with E-state index in [1.807, 2.05) is 0 Å². The van der Waals surface area contributed by atoms with Crippen LogP contribution in [-0.2, 0) is 4.79 Å². The number of carboxylic acid groups (broad SMARTS) is 1.